The van der Waals surface area contributed by atoms with Crippen molar-refractivity contribution >= 4 is 11.7 Å². The lowest BCUT2D eigenvalue weighted by Crippen LogP contribution is -2.32. The smallest absolute Gasteiger partial charge is 0.270 e. The summed E-state index contributed by atoms with van der Waals surface area (Å²) in [4.78, 5) is 20.0. The van der Waals surface area contributed by atoms with Crippen molar-refractivity contribution in [2.24, 2.45) is 0 Å². The summed E-state index contributed by atoms with van der Waals surface area (Å²) in [6, 6.07) is 1.80. The van der Waals surface area contributed by atoms with Gasteiger partial charge in [0.2, 0.25) is 0 Å². The zero-order valence-electron chi connectivity index (χ0n) is 11.8. The number of ether oxygens (including phenoxy) is 1. The number of nitrogens with zero attached hydrogens (tertiary/aromatic N) is 2. The SMILES string of the molecule is CCC(C)NC(=O)c1cc(NCCCOC)ncn1. The number of anilines is 1. The maximum Gasteiger partial charge on any atom is 0.270 e. The van der Waals surface area contributed by atoms with Crippen LogP contribution in [0.3, 0.4) is 0 Å². The molecule has 0 fully saturated rings. The number of nitrogens with one attached hydrogen (secondary N) is 2. The predicted octanol–water partition coefficient (Wildman–Crippen LogP) is 1.45. The molecule has 1 atom stereocenters. The lowest BCUT2D eigenvalue weighted by Gasteiger charge is -2.11. The summed E-state index contributed by atoms with van der Waals surface area (Å²) in [5.41, 5.74) is 0.379. The molecule has 2 N–H and O–H groups in total. The Kier molecular flexibility index (Phi) is 6.81. The monoisotopic (exact) mass is 266 g/mol. The molecular weight excluding hydrogens is 244 g/mol. The molecule has 0 aromatic carbocycles. The standard InChI is InChI=1S/C13H22N4O2/c1-4-10(2)17-13(18)11-8-12(16-9-15-11)14-6-5-7-19-3/h8-10H,4-7H2,1-3H3,(H,17,18)(H,14,15,16). The number of rotatable bonds is 8. The van der Waals surface area contributed by atoms with Gasteiger partial charge in [0.1, 0.15) is 17.8 Å². The Labute approximate surface area is 114 Å². The van der Waals surface area contributed by atoms with Crippen molar-refractivity contribution in [3.8, 4) is 0 Å². The molecule has 1 aromatic rings. The fourth-order valence-corrected chi connectivity index (χ4v) is 1.41. The van der Waals surface area contributed by atoms with Crippen molar-refractivity contribution in [2.75, 3.05) is 25.6 Å². The minimum Gasteiger partial charge on any atom is -0.385 e. The van der Waals surface area contributed by atoms with Crippen molar-refractivity contribution in [3.05, 3.63) is 18.1 Å². The van der Waals surface area contributed by atoms with Crippen molar-refractivity contribution in [3.63, 3.8) is 0 Å². The van der Waals surface area contributed by atoms with Gasteiger partial charge in [-0.3, -0.25) is 4.79 Å². The molecule has 0 aliphatic carbocycles. The first kappa shape index (κ1) is 15.4. The van der Waals surface area contributed by atoms with Gasteiger partial charge in [0.15, 0.2) is 0 Å². The topological polar surface area (TPSA) is 76.1 Å². The van der Waals surface area contributed by atoms with Gasteiger partial charge < -0.3 is 15.4 Å². The van der Waals surface area contributed by atoms with Crippen LogP contribution in [0.4, 0.5) is 5.82 Å². The van der Waals surface area contributed by atoms with Gasteiger partial charge in [-0.15, -0.1) is 0 Å². The van der Waals surface area contributed by atoms with E-state index in [4.69, 9.17) is 4.74 Å². The summed E-state index contributed by atoms with van der Waals surface area (Å²) in [5.74, 6) is 0.483. The summed E-state index contributed by atoms with van der Waals surface area (Å²) in [7, 11) is 1.67. The number of amides is 1. The first-order chi connectivity index (χ1) is 9.17. The van der Waals surface area contributed by atoms with Gasteiger partial charge in [0.25, 0.3) is 5.91 Å². The molecule has 0 aliphatic heterocycles. The second-order valence-electron chi connectivity index (χ2n) is 4.34. The lowest BCUT2D eigenvalue weighted by molar-refractivity contribution is 0.0934. The van der Waals surface area contributed by atoms with Gasteiger partial charge in [-0.1, -0.05) is 6.92 Å². The molecule has 0 saturated heterocycles. The Morgan fingerprint density at radius 1 is 1.47 bits per heavy atom. The third-order valence-electron chi connectivity index (χ3n) is 2.72. The minimum absolute atomic E-state index is 0.139. The highest BCUT2D eigenvalue weighted by Crippen LogP contribution is 2.04. The molecule has 1 unspecified atom stereocenters. The molecule has 1 heterocycles. The van der Waals surface area contributed by atoms with Gasteiger partial charge in [0.05, 0.1) is 0 Å². The average molecular weight is 266 g/mol. The molecule has 0 spiro atoms. The molecule has 1 amide bonds. The molecular formula is C13H22N4O2. The van der Waals surface area contributed by atoms with E-state index in [0.717, 1.165) is 19.4 Å². The fourth-order valence-electron chi connectivity index (χ4n) is 1.41. The number of hydrogen-bond acceptors (Lipinski definition) is 5. The summed E-state index contributed by atoms with van der Waals surface area (Å²) in [6.45, 7) is 5.42. The molecule has 0 radical (unpaired) electrons. The van der Waals surface area contributed by atoms with E-state index in [1.165, 1.54) is 6.33 Å². The molecule has 19 heavy (non-hydrogen) atoms. The molecule has 0 aliphatic rings. The third-order valence-corrected chi connectivity index (χ3v) is 2.72. The highest BCUT2D eigenvalue weighted by Gasteiger charge is 2.10. The highest BCUT2D eigenvalue weighted by molar-refractivity contribution is 5.92. The van der Waals surface area contributed by atoms with E-state index in [9.17, 15) is 4.79 Å². The largest absolute Gasteiger partial charge is 0.385 e. The molecule has 1 aromatic heterocycles. The van der Waals surface area contributed by atoms with Crippen molar-refractivity contribution < 1.29 is 9.53 Å². The fraction of sp³-hybridized carbons (Fsp3) is 0.615. The Morgan fingerprint density at radius 3 is 2.95 bits per heavy atom. The lowest BCUT2D eigenvalue weighted by atomic mass is 10.2. The number of hydrogen-bond donors (Lipinski definition) is 2. The number of carbonyl (C=O) groups is 1. The summed E-state index contributed by atoms with van der Waals surface area (Å²) < 4.78 is 4.96. The first-order valence-corrected chi connectivity index (χ1v) is 6.53. The second-order valence-corrected chi connectivity index (χ2v) is 4.34. The number of carbonyl (C=O) groups excluding carboxylic acids is 1. The third kappa shape index (κ3) is 5.65. The van der Waals surface area contributed by atoms with Crippen LogP contribution in [0.15, 0.2) is 12.4 Å². The van der Waals surface area contributed by atoms with Crippen LogP contribution in [0.5, 0.6) is 0 Å². The van der Waals surface area contributed by atoms with Crippen LogP contribution >= 0.6 is 0 Å². The first-order valence-electron chi connectivity index (χ1n) is 6.53. The Bertz CT molecular complexity index is 398. The predicted molar refractivity (Wildman–Crippen MR) is 74.2 cm³/mol. The van der Waals surface area contributed by atoms with E-state index in [0.29, 0.717) is 18.1 Å². The van der Waals surface area contributed by atoms with Gasteiger partial charge >= 0.3 is 0 Å². The molecule has 1 rings (SSSR count). The Morgan fingerprint density at radius 2 is 2.26 bits per heavy atom. The molecule has 106 valence electrons. The summed E-state index contributed by atoms with van der Waals surface area (Å²) in [6.07, 6.45) is 3.16. The van der Waals surface area contributed by atoms with Crippen LogP contribution in [0, 0.1) is 0 Å². The minimum atomic E-state index is -0.170. The van der Waals surface area contributed by atoms with E-state index in [1.807, 2.05) is 13.8 Å². The van der Waals surface area contributed by atoms with Crippen LogP contribution in [0.25, 0.3) is 0 Å². The van der Waals surface area contributed by atoms with Crippen LogP contribution < -0.4 is 10.6 Å². The average Bonchev–Trinajstić information content (AvgIpc) is 2.43. The van der Waals surface area contributed by atoms with E-state index in [-0.39, 0.29) is 11.9 Å². The van der Waals surface area contributed by atoms with E-state index < -0.39 is 0 Å². The van der Waals surface area contributed by atoms with Crippen molar-refractivity contribution in [1.29, 1.82) is 0 Å². The number of aromatic nitrogens is 2. The molecule has 0 bridgehead atoms. The Balaban J connectivity index is 2.53. The van der Waals surface area contributed by atoms with E-state index in [2.05, 4.69) is 20.6 Å². The van der Waals surface area contributed by atoms with Crippen LogP contribution in [0.1, 0.15) is 37.2 Å². The highest BCUT2D eigenvalue weighted by atomic mass is 16.5. The van der Waals surface area contributed by atoms with Gasteiger partial charge in [-0.25, -0.2) is 9.97 Å². The van der Waals surface area contributed by atoms with Gasteiger partial charge in [-0.05, 0) is 19.8 Å². The summed E-state index contributed by atoms with van der Waals surface area (Å²) >= 11 is 0. The molecule has 0 saturated carbocycles. The normalized spacial score (nSPS) is 11.9. The van der Waals surface area contributed by atoms with E-state index >= 15 is 0 Å². The second kappa shape index (κ2) is 8.42. The van der Waals surface area contributed by atoms with Crippen LogP contribution in [0.2, 0.25) is 0 Å². The van der Waals surface area contributed by atoms with Crippen molar-refractivity contribution in [2.45, 2.75) is 32.7 Å². The maximum atomic E-state index is 11.9. The van der Waals surface area contributed by atoms with Gasteiger partial charge in [0, 0.05) is 32.4 Å². The van der Waals surface area contributed by atoms with E-state index in [1.54, 1.807) is 13.2 Å². The maximum absolute atomic E-state index is 11.9. The number of methoxy groups -OCH3 is 1. The van der Waals surface area contributed by atoms with Crippen LogP contribution in [-0.2, 0) is 4.74 Å². The quantitative estimate of drug-likeness (QED) is 0.697. The Hall–Kier alpha value is -1.69. The zero-order valence-corrected chi connectivity index (χ0v) is 11.8. The van der Waals surface area contributed by atoms with Gasteiger partial charge in [-0.2, -0.15) is 0 Å². The van der Waals surface area contributed by atoms with Crippen molar-refractivity contribution in [1.82, 2.24) is 15.3 Å². The molecule has 6 heteroatoms. The van der Waals surface area contributed by atoms with Crippen LogP contribution in [-0.4, -0.2) is 42.2 Å². The zero-order chi connectivity index (χ0) is 14.1. The molecule has 6 nitrogen and oxygen atoms in total. The summed E-state index contributed by atoms with van der Waals surface area (Å²) in [5, 5.41) is 6.00.